The zero-order chi connectivity index (χ0) is 23.2. The minimum atomic E-state index is -5.61. The molecular formula is C11H18N5O12P3. The number of nitrogens with zero attached hydrogens (tertiary/aromatic N) is 3. The van der Waals surface area contributed by atoms with Gasteiger partial charge in [-0.15, -0.1) is 0 Å². The second-order valence-corrected chi connectivity index (χ2v) is 11.1. The van der Waals surface area contributed by atoms with Gasteiger partial charge in [0.25, 0.3) is 5.56 Å². The van der Waals surface area contributed by atoms with Crippen LogP contribution < -0.4 is 11.3 Å². The number of nitrogens with one attached hydrogen (secondary N) is 1. The minimum absolute atomic E-state index is 0.0275. The van der Waals surface area contributed by atoms with Gasteiger partial charge in [-0.1, -0.05) is 0 Å². The number of anilines is 1. The number of hydrogen-bond acceptors (Lipinski definition) is 11. The highest BCUT2D eigenvalue weighted by molar-refractivity contribution is 7.66. The number of aromatic nitrogens is 4. The molecule has 4 atom stereocenters. The van der Waals surface area contributed by atoms with Crippen molar-refractivity contribution in [2.24, 2.45) is 0 Å². The number of phosphoric acid groups is 3. The van der Waals surface area contributed by atoms with E-state index in [1.54, 1.807) is 0 Å². The molecule has 0 bridgehead atoms. The third kappa shape index (κ3) is 6.06. The van der Waals surface area contributed by atoms with Crippen LogP contribution in [0.1, 0.15) is 26.0 Å². The largest absolute Gasteiger partial charge is 0.490 e. The van der Waals surface area contributed by atoms with Crippen LogP contribution in [0.5, 0.6) is 0 Å². The molecule has 0 aromatic carbocycles. The van der Waals surface area contributed by atoms with E-state index in [1.807, 2.05) is 0 Å². The van der Waals surface area contributed by atoms with Gasteiger partial charge in [0.15, 0.2) is 11.2 Å². The highest BCUT2D eigenvalue weighted by Gasteiger charge is 2.44. The Morgan fingerprint density at radius 1 is 1.29 bits per heavy atom. The second-order valence-electron chi connectivity index (χ2n) is 6.70. The molecule has 31 heavy (non-hydrogen) atoms. The lowest BCUT2D eigenvalue weighted by Crippen LogP contribution is -2.30. The van der Waals surface area contributed by atoms with Gasteiger partial charge in [0.2, 0.25) is 5.95 Å². The van der Waals surface area contributed by atoms with Crippen LogP contribution in [0.3, 0.4) is 0 Å². The van der Waals surface area contributed by atoms with Gasteiger partial charge in [0.1, 0.15) is 6.23 Å². The Morgan fingerprint density at radius 2 is 1.97 bits per heavy atom. The van der Waals surface area contributed by atoms with Crippen LogP contribution in [0.2, 0.25) is 0 Å². The van der Waals surface area contributed by atoms with Crippen LogP contribution in [-0.4, -0.2) is 51.3 Å². The fourth-order valence-corrected chi connectivity index (χ4v) is 5.98. The third-order valence-electron chi connectivity index (χ3n) is 4.05. The summed E-state index contributed by atoms with van der Waals surface area (Å²) in [7, 11) is -16.4. The van der Waals surface area contributed by atoms with Gasteiger partial charge in [-0.3, -0.25) is 18.9 Å². The zero-order valence-corrected chi connectivity index (χ0v) is 18.3. The summed E-state index contributed by atoms with van der Waals surface area (Å²) in [5.41, 5.74) is 3.99. The number of ether oxygens (including phenoxy) is 1. The Balaban J connectivity index is 1.68. The van der Waals surface area contributed by atoms with Crippen LogP contribution in [-0.2, 0) is 31.6 Å². The molecule has 7 N–H and O–H groups in total. The molecule has 17 nitrogen and oxygen atoms in total. The van der Waals surface area contributed by atoms with Gasteiger partial charge in [0.05, 0.1) is 18.5 Å². The maximum atomic E-state index is 11.9. The first-order chi connectivity index (χ1) is 14.1. The number of fused-ring (bicyclic) bond motifs is 1. The second kappa shape index (κ2) is 8.14. The number of aromatic amines is 1. The summed E-state index contributed by atoms with van der Waals surface area (Å²) in [6, 6.07) is 0. The van der Waals surface area contributed by atoms with E-state index in [2.05, 4.69) is 28.1 Å². The first-order valence-electron chi connectivity index (χ1n) is 8.27. The van der Waals surface area contributed by atoms with Crippen molar-refractivity contribution in [3.05, 3.63) is 16.7 Å². The number of nitrogens with two attached hydrogens (primary N) is 1. The molecule has 3 heterocycles. The zero-order valence-electron chi connectivity index (χ0n) is 15.6. The molecule has 2 aromatic heterocycles. The lowest BCUT2D eigenvalue weighted by molar-refractivity contribution is -0.0838. The summed E-state index contributed by atoms with van der Waals surface area (Å²) in [5.74, 6) is -0.132. The first kappa shape index (κ1) is 24.2. The molecule has 0 radical (unpaired) electrons. The average Bonchev–Trinajstić information content (AvgIpc) is 3.14. The third-order valence-corrected chi connectivity index (χ3v) is 7.83. The SMILES string of the molecule is CC1(COP(=O)(O)OP(=O)(O)OP(=O)(O)O)CCC(n2cnc3c(=O)[nH]c(N)nc32)O1. The van der Waals surface area contributed by atoms with Crippen molar-refractivity contribution in [2.45, 2.75) is 31.6 Å². The van der Waals surface area contributed by atoms with Crippen molar-refractivity contribution in [3.63, 3.8) is 0 Å². The fraction of sp³-hybridized carbons (Fsp3) is 0.545. The molecule has 1 aliphatic rings. The normalized spacial score (nSPS) is 26.0. The van der Waals surface area contributed by atoms with E-state index in [4.69, 9.17) is 20.3 Å². The van der Waals surface area contributed by atoms with Gasteiger partial charge >= 0.3 is 23.5 Å². The minimum Gasteiger partial charge on any atom is -0.369 e. The van der Waals surface area contributed by atoms with Crippen molar-refractivity contribution in [2.75, 3.05) is 12.3 Å². The molecule has 1 saturated heterocycles. The summed E-state index contributed by atoms with van der Waals surface area (Å²) < 4.78 is 53.1. The Kier molecular flexibility index (Phi) is 6.34. The van der Waals surface area contributed by atoms with Gasteiger partial charge < -0.3 is 30.0 Å². The van der Waals surface area contributed by atoms with E-state index in [9.17, 15) is 28.3 Å². The van der Waals surface area contributed by atoms with Crippen LogP contribution in [0.4, 0.5) is 5.95 Å². The van der Waals surface area contributed by atoms with Crippen LogP contribution in [0.15, 0.2) is 11.1 Å². The monoisotopic (exact) mass is 505 g/mol. The van der Waals surface area contributed by atoms with E-state index in [0.29, 0.717) is 6.42 Å². The highest BCUT2D eigenvalue weighted by atomic mass is 31.3. The van der Waals surface area contributed by atoms with E-state index in [0.717, 1.165) is 0 Å². The number of imidazole rings is 1. The predicted molar refractivity (Wildman–Crippen MR) is 100 cm³/mol. The number of rotatable bonds is 8. The van der Waals surface area contributed by atoms with Crippen LogP contribution in [0, 0.1) is 0 Å². The molecule has 1 fully saturated rings. The Hall–Kier alpha value is -1.48. The number of nitrogen functional groups attached to an aromatic ring is 1. The number of hydrogen-bond donors (Lipinski definition) is 6. The predicted octanol–water partition coefficient (Wildman–Crippen LogP) is 0.113. The van der Waals surface area contributed by atoms with Crippen molar-refractivity contribution in [3.8, 4) is 0 Å². The number of H-pyrrole nitrogens is 1. The topological polar surface area (TPSA) is 259 Å². The molecule has 1 aliphatic heterocycles. The quantitative estimate of drug-likeness (QED) is 0.260. The molecule has 4 unspecified atom stereocenters. The fourth-order valence-electron chi connectivity index (χ4n) is 2.85. The van der Waals surface area contributed by atoms with Crippen molar-refractivity contribution in [1.29, 1.82) is 0 Å². The van der Waals surface area contributed by atoms with E-state index in [1.165, 1.54) is 17.8 Å². The Morgan fingerprint density at radius 3 is 2.61 bits per heavy atom. The molecule has 0 spiro atoms. The molecule has 0 saturated carbocycles. The summed E-state index contributed by atoms with van der Waals surface area (Å²) in [5, 5.41) is 0. The van der Waals surface area contributed by atoms with Crippen LogP contribution >= 0.6 is 23.5 Å². The smallest absolute Gasteiger partial charge is 0.369 e. The lowest BCUT2D eigenvalue weighted by Gasteiger charge is -2.26. The van der Waals surface area contributed by atoms with Gasteiger partial charge in [-0.2, -0.15) is 13.6 Å². The molecule has 0 amide bonds. The van der Waals surface area contributed by atoms with Crippen LogP contribution in [0.25, 0.3) is 11.2 Å². The number of phosphoric ester groups is 1. The molecular weight excluding hydrogens is 487 g/mol. The van der Waals surface area contributed by atoms with Gasteiger partial charge in [-0.25, -0.2) is 18.7 Å². The lowest BCUT2D eigenvalue weighted by atomic mass is 10.0. The summed E-state index contributed by atoms with van der Waals surface area (Å²) in [4.78, 5) is 58.0. The standard InChI is InChI=1S/C11H18N5O12P3/c1-11(4-25-30(21,22)28-31(23,24)27-29(18,19)20)3-2-6(26-11)16-5-13-7-8(16)14-10(12)15-9(7)17/h5-6H,2-4H2,1H3,(H,21,22)(H,23,24)(H2,18,19,20)(H3,12,14,15,17). The maximum Gasteiger partial charge on any atom is 0.490 e. The Bertz CT molecular complexity index is 1190. The highest BCUT2D eigenvalue weighted by Crippen LogP contribution is 2.66. The van der Waals surface area contributed by atoms with Crippen molar-refractivity contribution >= 4 is 40.6 Å². The summed E-state index contributed by atoms with van der Waals surface area (Å²) in [6.45, 7) is 0.890. The maximum absolute atomic E-state index is 11.9. The van der Waals surface area contributed by atoms with Crippen molar-refractivity contribution in [1.82, 2.24) is 19.5 Å². The molecule has 20 heteroatoms. The van der Waals surface area contributed by atoms with Gasteiger partial charge in [0, 0.05) is 0 Å². The first-order valence-corrected chi connectivity index (χ1v) is 12.8. The molecule has 0 aliphatic carbocycles. The van der Waals surface area contributed by atoms with Gasteiger partial charge in [-0.05, 0) is 19.8 Å². The molecule has 174 valence electrons. The molecule has 2 aromatic rings. The van der Waals surface area contributed by atoms with E-state index < -0.39 is 47.5 Å². The molecule has 3 rings (SSSR count). The van der Waals surface area contributed by atoms with E-state index in [-0.39, 0.29) is 23.5 Å². The van der Waals surface area contributed by atoms with Crippen molar-refractivity contribution < 1.29 is 51.2 Å². The Labute approximate surface area is 172 Å². The summed E-state index contributed by atoms with van der Waals surface area (Å²) >= 11 is 0. The average molecular weight is 505 g/mol. The summed E-state index contributed by atoms with van der Waals surface area (Å²) in [6.07, 6.45) is 1.22. The van der Waals surface area contributed by atoms with E-state index >= 15 is 0 Å².